The second kappa shape index (κ2) is 14.5. The maximum atomic E-state index is 14.4. The van der Waals surface area contributed by atoms with Gasteiger partial charge >= 0.3 is 24.0 Å². The van der Waals surface area contributed by atoms with Gasteiger partial charge in [0, 0.05) is 30.2 Å². The van der Waals surface area contributed by atoms with E-state index in [0.29, 0.717) is 49.9 Å². The van der Waals surface area contributed by atoms with Crippen molar-refractivity contribution in [3.8, 4) is 0 Å². The van der Waals surface area contributed by atoms with E-state index in [0.717, 1.165) is 37.3 Å². The molecule has 1 heterocycles. The zero-order valence-corrected chi connectivity index (χ0v) is 24.7. The fourth-order valence-corrected chi connectivity index (χ4v) is 6.58. The number of carboxylic acids is 1. The van der Waals surface area contributed by atoms with E-state index in [1.165, 1.54) is 23.5 Å². The second-order valence-electron chi connectivity index (χ2n) is 11.8. The van der Waals surface area contributed by atoms with Gasteiger partial charge in [0.1, 0.15) is 5.82 Å². The van der Waals surface area contributed by atoms with Gasteiger partial charge in [-0.15, -0.1) is 0 Å². The Labute approximate surface area is 256 Å². The second-order valence-corrected chi connectivity index (χ2v) is 11.8. The Balaban J connectivity index is 0.000000262. The molecule has 45 heavy (non-hydrogen) atoms. The highest BCUT2D eigenvalue weighted by Crippen LogP contribution is 2.56. The quantitative estimate of drug-likeness (QED) is 0.250. The van der Waals surface area contributed by atoms with Gasteiger partial charge in [-0.1, -0.05) is 55.2 Å². The normalized spacial score (nSPS) is 21.6. The topological polar surface area (TPSA) is 77.8 Å². The first-order valence-corrected chi connectivity index (χ1v) is 14.7. The van der Waals surface area contributed by atoms with Gasteiger partial charge in [-0.25, -0.2) is 8.78 Å². The lowest BCUT2D eigenvalue weighted by atomic mass is 9.74. The monoisotopic (exact) mass is 651 g/mol. The number of rotatable bonds is 6. The lowest BCUT2D eigenvalue weighted by Crippen LogP contribution is -2.50. The van der Waals surface area contributed by atoms with E-state index < -0.39 is 41.0 Å². The zero-order valence-electron chi connectivity index (χ0n) is 24.7. The van der Waals surface area contributed by atoms with Crippen molar-refractivity contribution in [3.63, 3.8) is 0 Å². The summed E-state index contributed by atoms with van der Waals surface area (Å²) in [5.41, 5.74) is -5.87. The van der Waals surface area contributed by atoms with Crippen molar-refractivity contribution in [1.82, 2.24) is 4.90 Å². The molecule has 2 fully saturated rings. The highest BCUT2D eigenvalue weighted by Gasteiger charge is 2.73. The van der Waals surface area contributed by atoms with Gasteiger partial charge in [-0.3, -0.25) is 9.59 Å². The highest BCUT2D eigenvalue weighted by molar-refractivity contribution is 5.69. The molecule has 13 heteroatoms. The lowest BCUT2D eigenvalue weighted by molar-refractivity contribution is -0.348. The summed E-state index contributed by atoms with van der Waals surface area (Å²) in [4.78, 5) is 23.1. The Kier molecular flexibility index (Phi) is 11.7. The molecule has 1 saturated carbocycles. The van der Waals surface area contributed by atoms with Crippen LogP contribution in [0.2, 0.25) is 0 Å². The van der Waals surface area contributed by atoms with Crippen LogP contribution in [-0.4, -0.2) is 59.0 Å². The molecule has 3 aliphatic rings. The number of carbonyl (C=O) groups is 2. The van der Waals surface area contributed by atoms with Crippen LogP contribution in [0, 0.1) is 18.7 Å². The number of benzene rings is 2. The fourth-order valence-electron chi connectivity index (χ4n) is 6.58. The predicted molar refractivity (Wildman–Crippen MR) is 150 cm³/mol. The lowest BCUT2D eigenvalue weighted by Gasteiger charge is -2.33. The summed E-state index contributed by atoms with van der Waals surface area (Å²) in [7, 11) is 0. The Morgan fingerprint density at radius 1 is 0.978 bits per heavy atom. The molecule has 2 unspecified atom stereocenters. The first-order chi connectivity index (χ1) is 21.0. The summed E-state index contributed by atoms with van der Waals surface area (Å²) in [6.45, 7) is 2.19. The number of aliphatic hydroxyl groups excluding tert-OH is 1. The van der Waals surface area contributed by atoms with Crippen molar-refractivity contribution in [3.05, 3.63) is 70.5 Å². The van der Waals surface area contributed by atoms with E-state index in [1.54, 1.807) is 12.1 Å². The average molecular weight is 652 g/mol. The zero-order chi connectivity index (χ0) is 33.6. The molecule has 0 bridgehead atoms. The van der Waals surface area contributed by atoms with E-state index in [2.05, 4.69) is 0 Å². The standard InChI is InChI=1S/C18H18F7NO2.C7H7F.C7H12O2/c19-16(17(20,21)22,18(23,24)25)12-2-3-13-11(8-12)9-14-15(13,4-1-7-27)5-6-26(14)10-28;1-6-2-4-7(8)5-3-6;8-7(9)6-4-2-1-3-5-6/h2-3,8,10,14,27H,1,4-7,9H2;2-5H,1H3;6H,1-5H2,(H,8,9). The Hall–Kier alpha value is -3.22. The van der Waals surface area contributed by atoms with Crippen LogP contribution in [0.3, 0.4) is 0 Å². The van der Waals surface area contributed by atoms with E-state index >= 15 is 0 Å². The molecular weight excluding hydrogens is 614 g/mol. The number of alkyl halides is 7. The van der Waals surface area contributed by atoms with Crippen LogP contribution in [0.25, 0.3) is 0 Å². The van der Waals surface area contributed by atoms with Gasteiger partial charge in [-0.2, -0.15) is 26.3 Å². The number of aliphatic carboxylic acids is 1. The molecule has 1 saturated heterocycles. The predicted octanol–water partition coefficient (Wildman–Crippen LogP) is 7.56. The molecule has 2 atom stereocenters. The minimum absolute atomic E-state index is 0.0289. The van der Waals surface area contributed by atoms with Crippen LogP contribution in [0.15, 0.2) is 42.5 Å². The molecule has 2 aliphatic carbocycles. The van der Waals surface area contributed by atoms with Crippen molar-refractivity contribution in [1.29, 1.82) is 0 Å². The van der Waals surface area contributed by atoms with Crippen LogP contribution in [-0.2, 0) is 27.1 Å². The van der Waals surface area contributed by atoms with E-state index in [4.69, 9.17) is 10.2 Å². The number of fused-ring (bicyclic) bond motifs is 3. The average Bonchev–Trinajstić information content (AvgIpc) is 3.50. The smallest absolute Gasteiger partial charge is 0.435 e. The summed E-state index contributed by atoms with van der Waals surface area (Å²) < 4.78 is 105. The number of aliphatic hydroxyl groups is 1. The molecule has 1 aliphatic heterocycles. The first-order valence-electron chi connectivity index (χ1n) is 14.7. The van der Waals surface area contributed by atoms with Crippen molar-refractivity contribution in [2.45, 2.75) is 94.2 Å². The third kappa shape index (κ3) is 7.78. The van der Waals surface area contributed by atoms with Crippen molar-refractivity contribution in [2.24, 2.45) is 5.92 Å². The SMILES string of the molecule is Cc1ccc(F)cc1.O=C(O)C1CCCCC1.O=CN1CCC2(CCCO)c3ccc(C(F)(C(F)(F)F)C(F)(F)F)cc3CC12. The Morgan fingerprint density at radius 3 is 2.04 bits per heavy atom. The van der Waals surface area contributed by atoms with Crippen LogP contribution in [0.5, 0.6) is 0 Å². The molecule has 0 radical (unpaired) electrons. The largest absolute Gasteiger partial charge is 0.481 e. The maximum Gasteiger partial charge on any atom is 0.435 e. The molecule has 2 N–H and O–H groups in total. The van der Waals surface area contributed by atoms with Crippen LogP contribution < -0.4 is 0 Å². The fraction of sp³-hybridized carbons (Fsp3) is 0.562. The molecule has 2 aromatic rings. The van der Waals surface area contributed by atoms with E-state index in [-0.39, 0.29) is 30.3 Å². The minimum atomic E-state index is -6.17. The molecule has 0 aromatic heterocycles. The Bertz CT molecular complexity index is 1260. The van der Waals surface area contributed by atoms with Gasteiger partial charge in [-0.05, 0) is 68.7 Å². The molecule has 1 amide bonds. The van der Waals surface area contributed by atoms with Gasteiger partial charge in [0.2, 0.25) is 6.41 Å². The minimum Gasteiger partial charge on any atom is -0.481 e. The molecular formula is C32H37F8NO4. The summed E-state index contributed by atoms with van der Waals surface area (Å²) in [6.07, 6.45) is -5.20. The van der Waals surface area contributed by atoms with Crippen LogP contribution in [0.1, 0.15) is 73.6 Å². The van der Waals surface area contributed by atoms with Gasteiger partial charge < -0.3 is 15.1 Å². The third-order valence-electron chi connectivity index (χ3n) is 8.97. The third-order valence-corrected chi connectivity index (χ3v) is 8.97. The van der Waals surface area contributed by atoms with E-state index in [9.17, 15) is 44.7 Å². The van der Waals surface area contributed by atoms with Crippen molar-refractivity contribution in [2.75, 3.05) is 13.2 Å². The Morgan fingerprint density at radius 2 is 1.58 bits per heavy atom. The van der Waals surface area contributed by atoms with Crippen LogP contribution in [0.4, 0.5) is 35.1 Å². The van der Waals surface area contributed by atoms with Crippen molar-refractivity contribution >= 4 is 12.4 Å². The molecule has 250 valence electrons. The number of amides is 1. The molecule has 2 aromatic carbocycles. The maximum absolute atomic E-state index is 14.4. The van der Waals surface area contributed by atoms with Gasteiger partial charge in [0.25, 0.3) is 0 Å². The van der Waals surface area contributed by atoms with Gasteiger partial charge in [0.15, 0.2) is 0 Å². The molecule has 5 nitrogen and oxygen atoms in total. The number of nitrogens with zero attached hydrogens (tertiary/aromatic N) is 1. The summed E-state index contributed by atoms with van der Waals surface area (Å²) in [5.74, 6) is -0.802. The summed E-state index contributed by atoms with van der Waals surface area (Å²) >= 11 is 0. The summed E-state index contributed by atoms with van der Waals surface area (Å²) in [6, 6.07) is 8.23. The number of aryl methyl sites for hydroxylation is 1. The number of carbonyl (C=O) groups excluding carboxylic acids is 1. The number of likely N-dealkylation sites (tertiary alicyclic amines) is 1. The number of hydrogen-bond acceptors (Lipinski definition) is 3. The van der Waals surface area contributed by atoms with Crippen molar-refractivity contribution < 1.29 is 54.9 Å². The first kappa shape index (κ1) is 36.3. The summed E-state index contributed by atoms with van der Waals surface area (Å²) in [5, 5.41) is 17.7. The molecule has 0 spiro atoms. The van der Waals surface area contributed by atoms with E-state index in [1.807, 2.05) is 6.92 Å². The van der Waals surface area contributed by atoms with Crippen LogP contribution >= 0.6 is 0 Å². The molecule has 5 rings (SSSR count). The number of hydrogen-bond donors (Lipinski definition) is 2. The number of carboxylic acid groups (broad SMARTS) is 1. The highest BCUT2D eigenvalue weighted by atomic mass is 19.4. The number of halogens is 8. The van der Waals surface area contributed by atoms with Gasteiger partial charge in [0.05, 0.1) is 5.92 Å².